The molecule has 0 unspecified atom stereocenters. The zero-order chi connectivity index (χ0) is 19.9. The van der Waals surface area contributed by atoms with Gasteiger partial charge in [-0.3, -0.25) is 9.97 Å². The molecule has 140 valence electrons. The summed E-state index contributed by atoms with van der Waals surface area (Å²) in [5, 5.41) is 2.17. The molecule has 0 radical (unpaired) electrons. The molecule has 0 spiro atoms. The molecule has 0 atom stereocenters. The van der Waals surface area contributed by atoms with E-state index >= 15 is 0 Å². The van der Waals surface area contributed by atoms with E-state index < -0.39 is 0 Å². The molecule has 0 saturated carbocycles. The molecule has 0 saturated heterocycles. The number of aromatic nitrogens is 4. The molecule has 3 aromatic carbocycles. The Bertz CT molecular complexity index is 1530. The van der Waals surface area contributed by atoms with Crippen LogP contribution in [-0.4, -0.2) is 19.9 Å². The zero-order valence-corrected chi connectivity index (χ0v) is 16.0. The molecule has 6 rings (SSSR count). The minimum absolute atomic E-state index is 0.888. The maximum atomic E-state index is 4.94. The first-order chi connectivity index (χ1) is 14.9. The highest BCUT2D eigenvalue weighted by molar-refractivity contribution is 6.09. The molecule has 0 bridgehead atoms. The summed E-state index contributed by atoms with van der Waals surface area (Å²) >= 11 is 0. The van der Waals surface area contributed by atoms with Crippen LogP contribution in [0, 0.1) is 0 Å². The van der Waals surface area contributed by atoms with Crippen molar-refractivity contribution in [2.75, 3.05) is 0 Å². The molecule has 0 amide bonds. The van der Waals surface area contributed by atoms with Gasteiger partial charge >= 0.3 is 0 Å². The molecular weight excluding hydrogens is 368 g/mol. The normalized spacial score (nSPS) is 11.3. The van der Waals surface area contributed by atoms with Crippen LogP contribution in [0.5, 0.6) is 0 Å². The van der Waals surface area contributed by atoms with E-state index in [0.29, 0.717) is 0 Å². The first kappa shape index (κ1) is 16.7. The van der Waals surface area contributed by atoms with Gasteiger partial charge in [-0.25, -0.2) is 9.97 Å². The summed E-state index contributed by atoms with van der Waals surface area (Å²) in [4.78, 5) is 19.0. The molecule has 0 fully saturated rings. The fraction of sp³-hybridized carbons (Fsp3) is 0. The molecule has 0 aliphatic rings. The number of benzene rings is 3. The van der Waals surface area contributed by atoms with E-state index in [0.717, 1.165) is 55.4 Å². The van der Waals surface area contributed by atoms with Crippen molar-refractivity contribution in [3.05, 3.63) is 97.3 Å². The first-order valence-corrected chi connectivity index (χ1v) is 9.83. The fourth-order valence-electron chi connectivity index (χ4n) is 3.92. The Kier molecular flexibility index (Phi) is 3.74. The standard InChI is InChI=1S/C26H16N4/c1-2-10-24-23(9-1)29-25-12-11-17-15-19(21-7-3-5-13-27-21)20(16-18(17)26(25)30-24)22-8-4-6-14-28-22/h1-16H. The SMILES string of the molecule is c1ccc(-c2cc3ccc4nc5ccccc5nc4c3cc2-c2ccccn2)nc1. The third-order valence-electron chi connectivity index (χ3n) is 5.34. The highest BCUT2D eigenvalue weighted by atomic mass is 14.8. The molecule has 3 heterocycles. The van der Waals surface area contributed by atoms with Crippen LogP contribution in [0.2, 0.25) is 0 Å². The smallest absolute Gasteiger partial charge is 0.0973 e. The van der Waals surface area contributed by atoms with Crippen LogP contribution >= 0.6 is 0 Å². The van der Waals surface area contributed by atoms with Crippen LogP contribution in [0.3, 0.4) is 0 Å². The van der Waals surface area contributed by atoms with Crippen LogP contribution in [0.15, 0.2) is 97.3 Å². The number of hydrogen-bond acceptors (Lipinski definition) is 4. The van der Waals surface area contributed by atoms with Gasteiger partial charge < -0.3 is 0 Å². The van der Waals surface area contributed by atoms with Gasteiger partial charge in [0.2, 0.25) is 0 Å². The van der Waals surface area contributed by atoms with E-state index in [9.17, 15) is 0 Å². The largest absolute Gasteiger partial charge is 0.256 e. The summed E-state index contributed by atoms with van der Waals surface area (Å²) in [6.07, 6.45) is 3.64. The highest BCUT2D eigenvalue weighted by Gasteiger charge is 2.14. The molecule has 0 aliphatic carbocycles. The Morgan fingerprint density at radius 3 is 1.80 bits per heavy atom. The van der Waals surface area contributed by atoms with Gasteiger partial charge in [0.25, 0.3) is 0 Å². The summed E-state index contributed by atoms with van der Waals surface area (Å²) in [5.74, 6) is 0. The third kappa shape index (κ3) is 2.70. The molecule has 0 N–H and O–H groups in total. The fourth-order valence-corrected chi connectivity index (χ4v) is 3.92. The lowest BCUT2D eigenvalue weighted by Crippen LogP contribution is -1.93. The van der Waals surface area contributed by atoms with Crippen molar-refractivity contribution >= 4 is 32.8 Å². The van der Waals surface area contributed by atoms with Gasteiger partial charge in [0, 0.05) is 28.9 Å². The van der Waals surface area contributed by atoms with Crippen molar-refractivity contribution in [2.24, 2.45) is 0 Å². The van der Waals surface area contributed by atoms with Crippen molar-refractivity contribution in [3.63, 3.8) is 0 Å². The van der Waals surface area contributed by atoms with Crippen LogP contribution in [0.1, 0.15) is 0 Å². The molecule has 0 aliphatic heterocycles. The minimum atomic E-state index is 0.888. The second-order valence-electron chi connectivity index (χ2n) is 7.19. The quantitative estimate of drug-likeness (QED) is 0.269. The van der Waals surface area contributed by atoms with E-state index in [4.69, 9.17) is 9.97 Å². The number of hydrogen-bond donors (Lipinski definition) is 0. The van der Waals surface area contributed by atoms with Crippen LogP contribution in [-0.2, 0) is 0 Å². The Balaban J connectivity index is 1.73. The average molecular weight is 384 g/mol. The molecule has 4 heteroatoms. The number of para-hydroxylation sites is 2. The summed E-state index contributed by atoms with van der Waals surface area (Å²) in [7, 11) is 0. The van der Waals surface area contributed by atoms with E-state index in [-0.39, 0.29) is 0 Å². The Hall–Kier alpha value is -4.18. The molecule has 3 aromatic heterocycles. The van der Waals surface area contributed by atoms with Crippen LogP contribution in [0.4, 0.5) is 0 Å². The van der Waals surface area contributed by atoms with E-state index in [1.54, 1.807) is 0 Å². The average Bonchev–Trinajstić information content (AvgIpc) is 2.83. The second kappa shape index (κ2) is 6.71. The number of fused-ring (bicyclic) bond motifs is 4. The van der Waals surface area contributed by atoms with Crippen molar-refractivity contribution in [1.29, 1.82) is 0 Å². The van der Waals surface area contributed by atoms with Gasteiger partial charge in [0.1, 0.15) is 0 Å². The second-order valence-corrected chi connectivity index (χ2v) is 7.19. The zero-order valence-electron chi connectivity index (χ0n) is 16.0. The van der Waals surface area contributed by atoms with Crippen LogP contribution < -0.4 is 0 Å². The van der Waals surface area contributed by atoms with Gasteiger partial charge in [-0.15, -0.1) is 0 Å². The van der Waals surface area contributed by atoms with Gasteiger partial charge in [-0.05, 0) is 60.0 Å². The van der Waals surface area contributed by atoms with Crippen molar-refractivity contribution in [1.82, 2.24) is 19.9 Å². The number of rotatable bonds is 2. The van der Waals surface area contributed by atoms with Crippen molar-refractivity contribution in [3.8, 4) is 22.5 Å². The van der Waals surface area contributed by atoms with Gasteiger partial charge in [-0.1, -0.05) is 30.3 Å². The minimum Gasteiger partial charge on any atom is -0.256 e. The highest BCUT2D eigenvalue weighted by Crippen LogP contribution is 2.36. The van der Waals surface area contributed by atoms with Gasteiger partial charge in [0.05, 0.1) is 33.5 Å². The van der Waals surface area contributed by atoms with E-state index in [1.165, 1.54) is 0 Å². The predicted molar refractivity (Wildman–Crippen MR) is 121 cm³/mol. The van der Waals surface area contributed by atoms with E-state index in [2.05, 4.69) is 28.2 Å². The van der Waals surface area contributed by atoms with Crippen molar-refractivity contribution in [2.45, 2.75) is 0 Å². The lowest BCUT2D eigenvalue weighted by Gasteiger charge is -2.12. The Morgan fingerprint density at radius 1 is 0.500 bits per heavy atom. The molecular formula is C26H16N4. The van der Waals surface area contributed by atoms with Gasteiger partial charge in [-0.2, -0.15) is 0 Å². The topological polar surface area (TPSA) is 51.6 Å². The van der Waals surface area contributed by atoms with Crippen LogP contribution in [0.25, 0.3) is 55.4 Å². The van der Waals surface area contributed by atoms with Crippen molar-refractivity contribution < 1.29 is 0 Å². The number of nitrogens with zero attached hydrogens (tertiary/aromatic N) is 4. The summed E-state index contributed by atoms with van der Waals surface area (Å²) in [5.41, 5.74) is 7.49. The Morgan fingerprint density at radius 2 is 1.13 bits per heavy atom. The van der Waals surface area contributed by atoms with E-state index in [1.807, 2.05) is 79.1 Å². The lowest BCUT2D eigenvalue weighted by atomic mass is 9.95. The maximum absolute atomic E-state index is 4.94. The number of pyridine rings is 2. The molecule has 6 aromatic rings. The monoisotopic (exact) mass is 384 g/mol. The lowest BCUT2D eigenvalue weighted by molar-refractivity contribution is 1.30. The third-order valence-corrected chi connectivity index (χ3v) is 5.34. The Labute approximate surface area is 172 Å². The predicted octanol–water partition coefficient (Wildman–Crippen LogP) is 6.06. The summed E-state index contributed by atoms with van der Waals surface area (Å²) in [6, 6.07) is 28.4. The molecule has 30 heavy (non-hydrogen) atoms. The molecule has 4 nitrogen and oxygen atoms in total. The maximum Gasteiger partial charge on any atom is 0.0973 e. The summed E-state index contributed by atoms with van der Waals surface area (Å²) < 4.78 is 0. The van der Waals surface area contributed by atoms with Gasteiger partial charge in [0.15, 0.2) is 0 Å². The summed E-state index contributed by atoms with van der Waals surface area (Å²) in [6.45, 7) is 0. The first-order valence-electron chi connectivity index (χ1n) is 9.83.